The van der Waals surface area contributed by atoms with Gasteiger partial charge in [0.15, 0.2) is 6.10 Å². The Morgan fingerprint density at radius 2 is 2.03 bits per heavy atom. The number of carbonyl (C=O) groups is 2. The number of nitrogens with zero attached hydrogens (tertiary/aromatic N) is 1. The molecule has 1 N–H and O–H groups in total. The summed E-state index contributed by atoms with van der Waals surface area (Å²) in [5.41, 5.74) is 2.18. The second-order valence-corrected chi connectivity index (χ2v) is 7.69. The van der Waals surface area contributed by atoms with E-state index >= 15 is 0 Å². The van der Waals surface area contributed by atoms with E-state index in [-0.39, 0.29) is 17.3 Å². The third-order valence-corrected chi connectivity index (χ3v) is 5.74. The van der Waals surface area contributed by atoms with Crippen molar-refractivity contribution >= 4 is 29.3 Å². The molecule has 0 radical (unpaired) electrons. The molecule has 2 aromatic carbocycles. The number of nitro groups is 1. The van der Waals surface area contributed by atoms with Crippen LogP contribution in [0.5, 0.6) is 0 Å². The molecule has 7 nitrogen and oxygen atoms in total. The Morgan fingerprint density at radius 1 is 1.28 bits per heavy atom. The van der Waals surface area contributed by atoms with Crippen LogP contribution in [0.4, 0.5) is 5.69 Å². The molecule has 29 heavy (non-hydrogen) atoms. The summed E-state index contributed by atoms with van der Waals surface area (Å²) >= 11 is 1.22. The number of benzene rings is 2. The molecule has 0 bridgehead atoms. The summed E-state index contributed by atoms with van der Waals surface area (Å²) in [6, 6.07) is 12.0. The van der Waals surface area contributed by atoms with Crippen LogP contribution in [0.2, 0.25) is 0 Å². The van der Waals surface area contributed by atoms with Crippen molar-refractivity contribution in [3.8, 4) is 0 Å². The van der Waals surface area contributed by atoms with E-state index in [4.69, 9.17) is 4.74 Å². The molecule has 0 unspecified atom stereocenters. The van der Waals surface area contributed by atoms with E-state index in [1.165, 1.54) is 42.4 Å². The van der Waals surface area contributed by atoms with Crippen LogP contribution < -0.4 is 5.32 Å². The molecular formula is C21H22N2O5S. The summed E-state index contributed by atoms with van der Waals surface area (Å²) in [7, 11) is 0. The van der Waals surface area contributed by atoms with Gasteiger partial charge in [0.1, 0.15) is 0 Å². The van der Waals surface area contributed by atoms with Crippen molar-refractivity contribution < 1.29 is 19.2 Å². The van der Waals surface area contributed by atoms with E-state index in [0.717, 1.165) is 24.8 Å². The molecule has 8 heteroatoms. The van der Waals surface area contributed by atoms with Gasteiger partial charge in [-0.2, -0.15) is 0 Å². The number of thioether (sulfide) groups is 1. The first-order chi connectivity index (χ1) is 13.9. The normalized spacial score (nSPS) is 16.4. The molecule has 2 aromatic rings. The van der Waals surface area contributed by atoms with Crippen LogP contribution in [0.1, 0.15) is 47.3 Å². The van der Waals surface area contributed by atoms with Gasteiger partial charge in [-0.15, -0.1) is 11.8 Å². The average Bonchev–Trinajstić information content (AvgIpc) is 2.73. The van der Waals surface area contributed by atoms with Gasteiger partial charge in [0.05, 0.1) is 21.4 Å². The lowest BCUT2D eigenvalue weighted by Gasteiger charge is -2.27. The monoisotopic (exact) mass is 414 g/mol. The largest absolute Gasteiger partial charge is 0.449 e. The standard InChI is InChI=1S/C21H22N2O5S/c1-13(20(24)22-17-9-5-7-14-6-3-4-8-16(14)17)28-21(25)15-10-11-19(29-2)18(12-15)23(26)27/h3-4,6,8,10-13,17H,5,7,9H2,1-2H3,(H,22,24)/t13-,17-/m1/s1. The quantitative estimate of drug-likeness (QED) is 0.331. The van der Waals surface area contributed by atoms with E-state index in [2.05, 4.69) is 11.4 Å². The Labute approximate surface area is 173 Å². The van der Waals surface area contributed by atoms with Crippen LogP contribution in [0.25, 0.3) is 0 Å². The Balaban J connectivity index is 1.67. The maximum atomic E-state index is 12.6. The molecule has 0 aromatic heterocycles. The molecule has 0 heterocycles. The van der Waals surface area contributed by atoms with Gasteiger partial charge >= 0.3 is 5.97 Å². The molecule has 0 saturated carbocycles. The highest BCUT2D eigenvalue weighted by atomic mass is 32.2. The molecule has 2 atom stereocenters. The predicted molar refractivity (Wildman–Crippen MR) is 110 cm³/mol. The molecule has 0 spiro atoms. The zero-order chi connectivity index (χ0) is 21.0. The number of fused-ring (bicyclic) bond motifs is 1. The highest BCUT2D eigenvalue weighted by molar-refractivity contribution is 7.98. The van der Waals surface area contributed by atoms with Gasteiger partial charge in [-0.3, -0.25) is 14.9 Å². The molecule has 0 saturated heterocycles. The molecule has 3 rings (SSSR count). The zero-order valence-corrected chi connectivity index (χ0v) is 17.0. The van der Waals surface area contributed by atoms with Gasteiger partial charge in [0.25, 0.3) is 11.6 Å². The van der Waals surface area contributed by atoms with Crippen molar-refractivity contribution in [2.45, 2.75) is 43.2 Å². The number of hydrogen-bond acceptors (Lipinski definition) is 6. The fraction of sp³-hybridized carbons (Fsp3) is 0.333. The number of ether oxygens (including phenoxy) is 1. The number of amides is 1. The van der Waals surface area contributed by atoms with Crippen molar-refractivity contribution in [1.82, 2.24) is 5.32 Å². The maximum Gasteiger partial charge on any atom is 0.339 e. The second kappa shape index (κ2) is 9.09. The van der Waals surface area contributed by atoms with Crippen LogP contribution in [0.3, 0.4) is 0 Å². The molecule has 0 aliphatic heterocycles. The van der Waals surface area contributed by atoms with Crippen molar-refractivity contribution in [3.63, 3.8) is 0 Å². The number of esters is 1. The number of carbonyl (C=O) groups excluding carboxylic acids is 2. The van der Waals surface area contributed by atoms with Crippen molar-refractivity contribution in [1.29, 1.82) is 0 Å². The van der Waals surface area contributed by atoms with E-state index in [9.17, 15) is 19.7 Å². The number of nitrogens with one attached hydrogen (secondary N) is 1. The Bertz CT molecular complexity index is 946. The highest BCUT2D eigenvalue weighted by Crippen LogP contribution is 2.30. The zero-order valence-electron chi connectivity index (χ0n) is 16.2. The molecule has 1 aliphatic carbocycles. The molecule has 1 amide bonds. The SMILES string of the molecule is CSc1ccc(C(=O)O[C@H](C)C(=O)N[C@@H]2CCCc3ccccc32)cc1[N+](=O)[O-]. The Morgan fingerprint density at radius 3 is 2.76 bits per heavy atom. The topological polar surface area (TPSA) is 98.5 Å². The van der Waals surface area contributed by atoms with Crippen molar-refractivity contribution in [3.05, 3.63) is 69.3 Å². The summed E-state index contributed by atoms with van der Waals surface area (Å²) in [6.45, 7) is 1.49. The van der Waals surface area contributed by atoms with Gasteiger partial charge in [-0.25, -0.2) is 4.79 Å². The van der Waals surface area contributed by atoms with E-state index < -0.39 is 22.9 Å². The summed E-state index contributed by atoms with van der Waals surface area (Å²) in [4.78, 5) is 36.1. The minimum Gasteiger partial charge on any atom is -0.449 e. The Hall–Kier alpha value is -2.87. The third kappa shape index (κ3) is 4.76. The second-order valence-electron chi connectivity index (χ2n) is 6.84. The molecular weight excluding hydrogens is 392 g/mol. The van der Waals surface area contributed by atoms with Gasteiger partial charge in [-0.05, 0) is 55.7 Å². The van der Waals surface area contributed by atoms with Crippen LogP contribution in [0, 0.1) is 10.1 Å². The van der Waals surface area contributed by atoms with E-state index in [0.29, 0.717) is 4.90 Å². The van der Waals surface area contributed by atoms with E-state index in [1.54, 1.807) is 6.26 Å². The number of aryl methyl sites for hydroxylation is 1. The van der Waals surface area contributed by atoms with Crippen LogP contribution in [0.15, 0.2) is 47.4 Å². The number of nitro benzene ring substituents is 1. The van der Waals surface area contributed by atoms with Gasteiger partial charge < -0.3 is 10.1 Å². The van der Waals surface area contributed by atoms with Gasteiger partial charge in [-0.1, -0.05) is 24.3 Å². The lowest BCUT2D eigenvalue weighted by Crippen LogP contribution is -2.39. The van der Waals surface area contributed by atoms with Crippen molar-refractivity contribution in [2.24, 2.45) is 0 Å². The van der Waals surface area contributed by atoms with Crippen LogP contribution >= 0.6 is 11.8 Å². The summed E-state index contributed by atoms with van der Waals surface area (Å²) in [5.74, 6) is -1.16. The molecule has 152 valence electrons. The number of hydrogen-bond donors (Lipinski definition) is 1. The van der Waals surface area contributed by atoms with Crippen molar-refractivity contribution in [2.75, 3.05) is 6.26 Å². The van der Waals surface area contributed by atoms with Crippen LogP contribution in [-0.4, -0.2) is 29.2 Å². The highest BCUT2D eigenvalue weighted by Gasteiger charge is 2.26. The molecule has 1 aliphatic rings. The minimum absolute atomic E-state index is 0.0390. The van der Waals surface area contributed by atoms with Gasteiger partial charge in [0, 0.05) is 6.07 Å². The number of rotatable bonds is 6. The lowest BCUT2D eigenvalue weighted by atomic mass is 9.87. The Kier molecular flexibility index (Phi) is 6.53. The first-order valence-electron chi connectivity index (χ1n) is 9.32. The average molecular weight is 414 g/mol. The first-order valence-corrected chi connectivity index (χ1v) is 10.5. The van der Waals surface area contributed by atoms with E-state index in [1.807, 2.05) is 18.2 Å². The van der Waals surface area contributed by atoms with Gasteiger partial charge in [0.2, 0.25) is 0 Å². The molecule has 0 fully saturated rings. The third-order valence-electron chi connectivity index (χ3n) is 4.95. The first kappa shape index (κ1) is 20.9. The fourth-order valence-corrected chi connectivity index (χ4v) is 3.98. The van der Waals surface area contributed by atoms with Crippen LogP contribution in [-0.2, 0) is 16.0 Å². The predicted octanol–water partition coefficient (Wildman–Crippen LogP) is 4.06. The fourth-order valence-electron chi connectivity index (χ4n) is 3.43. The maximum absolute atomic E-state index is 12.6. The smallest absolute Gasteiger partial charge is 0.339 e. The lowest BCUT2D eigenvalue weighted by molar-refractivity contribution is -0.387. The summed E-state index contributed by atoms with van der Waals surface area (Å²) < 4.78 is 5.26. The summed E-state index contributed by atoms with van der Waals surface area (Å²) in [5, 5.41) is 14.1. The minimum atomic E-state index is -1.02. The summed E-state index contributed by atoms with van der Waals surface area (Å²) in [6.07, 6.45) is 3.48.